The third-order valence-electron chi connectivity index (χ3n) is 1.24. The minimum atomic E-state index is -1.73. The first kappa shape index (κ1) is 17.7. The van der Waals surface area contributed by atoms with Gasteiger partial charge < -0.3 is 10.2 Å². The van der Waals surface area contributed by atoms with Crippen molar-refractivity contribution in [2.75, 3.05) is 0 Å². The minimum Gasteiger partial charge on any atom is -0.870 e. The molecule has 0 radical (unpaired) electrons. The van der Waals surface area contributed by atoms with Crippen LogP contribution in [-0.4, -0.2) is 0 Å². The summed E-state index contributed by atoms with van der Waals surface area (Å²) in [5, 5.41) is 20.8. The van der Waals surface area contributed by atoms with Crippen LogP contribution < -0.4 is 135 Å². The normalized spacial score (nSPS) is 8.57. The van der Waals surface area contributed by atoms with Crippen LogP contribution in [0.25, 0.3) is 0 Å². The van der Waals surface area contributed by atoms with E-state index in [0.717, 1.165) is 0 Å². The van der Waals surface area contributed by atoms with Crippen LogP contribution in [0.2, 0.25) is 0 Å². The van der Waals surface area contributed by atoms with Gasteiger partial charge >= 0.3 is 103 Å². The van der Waals surface area contributed by atoms with Gasteiger partial charge in [0.2, 0.25) is 10.9 Å². The zero-order valence-corrected chi connectivity index (χ0v) is 13.7. The fourth-order valence-electron chi connectivity index (χ4n) is 0.619. The predicted octanol–water partition coefficient (Wildman–Crippen LogP) is -9.84. The Kier molecular flexibility index (Phi) is 8.57. The first-order valence-corrected chi connectivity index (χ1v) is 2.72. The van der Waals surface area contributed by atoms with Crippen molar-refractivity contribution < 1.29 is 113 Å². The molecule has 0 fully saturated rings. The summed E-state index contributed by atoms with van der Waals surface area (Å²) in [5.74, 6) is -3.46. The zero-order chi connectivity index (χ0) is 9.46. The smallest absolute Gasteiger partial charge is 0.870 e. The number of rotatable bonds is 0. The molecule has 0 spiro atoms. The quantitative estimate of drug-likeness (QED) is 0.331. The van der Waals surface area contributed by atoms with E-state index in [2.05, 4.69) is 0 Å². The van der Waals surface area contributed by atoms with Crippen molar-refractivity contribution >= 4 is 0 Å². The molecule has 8 heteroatoms. The van der Waals surface area contributed by atoms with Crippen molar-refractivity contribution in [2.45, 2.75) is 0 Å². The van der Waals surface area contributed by atoms with E-state index < -0.39 is 33.2 Å². The molecule has 6 nitrogen and oxygen atoms in total. The van der Waals surface area contributed by atoms with Crippen molar-refractivity contribution in [3.05, 3.63) is 40.9 Å². The number of hydrogen-bond acceptors (Lipinski definition) is 6. The molecule has 0 N–H and O–H groups in total. The van der Waals surface area contributed by atoms with Gasteiger partial charge in [0.15, 0.2) is 0 Å². The van der Waals surface area contributed by atoms with E-state index in [-0.39, 0.29) is 103 Å². The molecule has 1 rings (SSSR count). The molecule has 0 saturated carbocycles. The van der Waals surface area contributed by atoms with E-state index >= 15 is 0 Å². The third kappa shape index (κ3) is 3.14. The fourth-order valence-corrected chi connectivity index (χ4v) is 0.619. The fraction of sp³-hybridized carbons (Fsp3) is 0. The van der Waals surface area contributed by atoms with E-state index in [0.29, 0.717) is 0 Å². The molecule has 0 unspecified atom stereocenters. The van der Waals surface area contributed by atoms with E-state index in [1.54, 1.807) is 0 Å². The van der Waals surface area contributed by atoms with Gasteiger partial charge in [-0.3, -0.25) is 19.2 Å². The van der Waals surface area contributed by atoms with Crippen LogP contribution in [0.5, 0.6) is 11.5 Å². The molecule has 0 aliphatic carbocycles. The second-order valence-corrected chi connectivity index (χ2v) is 1.97. The Labute approximate surface area is 162 Å². The average molecular weight is 246 g/mol. The van der Waals surface area contributed by atoms with E-state index in [1.807, 2.05) is 0 Å². The van der Waals surface area contributed by atoms with Crippen molar-refractivity contribution in [1.29, 1.82) is 0 Å². The molecule has 1 aromatic rings. The number of hydrogen-bond donors (Lipinski definition) is 0. The van der Waals surface area contributed by atoms with E-state index in [9.17, 15) is 29.4 Å². The summed E-state index contributed by atoms with van der Waals surface area (Å²) in [6.07, 6.45) is 0. The first-order chi connectivity index (χ1) is 5.46. The predicted molar refractivity (Wildman–Crippen MR) is 32.8 cm³/mol. The van der Waals surface area contributed by atoms with Crippen molar-refractivity contribution in [1.82, 2.24) is 0 Å². The molecule has 62 valence electrons. The van der Waals surface area contributed by atoms with Crippen molar-refractivity contribution in [3.8, 4) is 11.5 Å². The number of benzene rings is 1. The van der Waals surface area contributed by atoms with Crippen LogP contribution in [-0.2, 0) is 0 Å². The Morgan fingerprint density at radius 3 is 1.00 bits per heavy atom. The maximum absolute atomic E-state index is 10.4. The van der Waals surface area contributed by atoms with Crippen LogP contribution >= 0.6 is 0 Å². The van der Waals surface area contributed by atoms with Gasteiger partial charge in [-0.25, -0.2) is 0 Å². The molecule has 0 aromatic heterocycles. The van der Waals surface area contributed by atoms with Gasteiger partial charge in [-0.2, -0.15) is 0 Å². The van der Waals surface area contributed by atoms with Crippen molar-refractivity contribution in [3.63, 3.8) is 0 Å². The zero-order valence-electron chi connectivity index (χ0n) is 7.45. The average Bonchev–Trinajstić information content (AvgIpc) is 2.08. The standard InChI is InChI=1S/C6H2O6.2K/c7-1-2(8)4(10)6(12)5(11)3(1)9;;/h7-8H;;/q;2*+1/p-2. The van der Waals surface area contributed by atoms with Crippen LogP contribution in [0.3, 0.4) is 0 Å². The molecule has 0 atom stereocenters. The molecule has 0 saturated heterocycles. The molecule has 1 aromatic carbocycles. The molecule has 0 aliphatic heterocycles. The second kappa shape index (κ2) is 6.79. The van der Waals surface area contributed by atoms with Gasteiger partial charge in [0.05, 0.1) is 0 Å². The van der Waals surface area contributed by atoms with Crippen molar-refractivity contribution in [2.24, 2.45) is 0 Å². The summed E-state index contributed by atoms with van der Waals surface area (Å²) in [6, 6.07) is 0. The minimum absolute atomic E-state index is 0. The second-order valence-electron chi connectivity index (χ2n) is 1.97. The third-order valence-corrected chi connectivity index (χ3v) is 1.24. The van der Waals surface area contributed by atoms with E-state index in [1.165, 1.54) is 0 Å². The van der Waals surface area contributed by atoms with Gasteiger partial charge in [-0.15, -0.1) is 0 Å². The first-order valence-electron chi connectivity index (χ1n) is 2.72. The topological polar surface area (TPSA) is 114 Å². The summed E-state index contributed by atoms with van der Waals surface area (Å²) < 4.78 is 0. The van der Waals surface area contributed by atoms with Crippen LogP contribution in [0.1, 0.15) is 0 Å². The summed E-state index contributed by atoms with van der Waals surface area (Å²) in [7, 11) is 0. The van der Waals surface area contributed by atoms with Gasteiger partial charge in [0.25, 0.3) is 10.9 Å². The molecular weight excluding hydrogens is 246 g/mol. The molecule has 0 amide bonds. The van der Waals surface area contributed by atoms with Gasteiger partial charge in [0.1, 0.15) is 0 Å². The summed E-state index contributed by atoms with van der Waals surface area (Å²) >= 11 is 0. The van der Waals surface area contributed by atoms with Gasteiger partial charge in [-0.1, -0.05) is 11.5 Å². The van der Waals surface area contributed by atoms with Gasteiger partial charge in [0, 0.05) is 0 Å². The van der Waals surface area contributed by atoms with Crippen LogP contribution in [0.15, 0.2) is 19.2 Å². The Hall–Kier alpha value is 1.29. The molecular formula is C6K2O6. The molecule has 14 heavy (non-hydrogen) atoms. The Bertz CT molecular complexity index is 478. The summed E-state index contributed by atoms with van der Waals surface area (Å²) in [4.78, 5) is 41.6. The monoisotopic (exact) mass is 246 g/mol. The Balaban J connectivity index is 0. The summed E-state index contributed by atoms with van der Waals surface area (Å²) in [5.41, 5.74) is -6.93. The SMILES string of the molecule is O=c1c([O-])c([O-])c(=O)c(=O)c1=O.[K+].[K+]. The summed E-state index contributed by atoms with van der Waals surface area (Å²) in [6.45, 7) is 0. The molecule has 0 heterocycles. The maximum Gasteiger partial charge on any atom is 1.00 e. The largest absolute Gasteiger partial charge is 1.00 e. The van der Waals surface area contributed by atoms with Crippen LogP contribution in [0.4, 0.5) is 0 Å². The molecule has 0 bridgehead atoms. The van der Waals surface area contributed by atoms with Crippen LogP contribution in [0, 0.1) is 0 Å². The van der Waals surface area contributed by atoms with E-state index in [4.69, 9.17) is 0 Å². The Morgan fingerprint density at radius 2 is 0.786 bits per heavy atom. The Morgan fingerprint density at radius 1 is 0.571 bits per heavy atom. The maximum atomic E-state index is 10.4. The molecule has 0 aliphatic rings. The van der Waals surface area contributed by atoms with Gasteiger partial charge in [-0.05, 0) is 0 Å².